The molecule has 0 amide bonds. The summed E-state index contributed by atoms with van der Waals surface area (Å²) in [6.45, 7) is 1.21. The third-order valence-corrected chi connectivity index (χ3v) is 3.27. The maximum Gasteiger partial charge on any atom is 0.416 e. The second-order valence-electron chi connectivity index (χ2n) is 4.61. The summed E-state index contributed by atoms with van der Waals surface area (Å²) in [4.78, 5) is 13.0. The van der Waals surface area contributed by atoms with Gasteiger partial charge in [0.2, 0.25) is 0 Å². The summed E-state index contributed by atoms with van der Waals surface area (Å²) >= 11 is 0. The minimum Gasteiger partial charge on any atom is -0.480 e. The highest BCUT2D eigenvalue weighted by molar-refractivity contribution is 5.75. The summed E-state index contributed by atoms with van der Waals surface area (Å²) in [5, 5.41) is 9.26. The Kier molecular flexibility index (Phi) is 3.80. The van der Waals surface area contributed by atoms with Crippen LogP contribution in [0.25, 0.3) is 0 Å². The molecule has 1 aliphatic rings. The van der Waals surface area contributed by atoms with Crippen LogP contribution in [0.5, 0.6) is 0 Å². The lowest BCUT2D eigenvalue weighted by molar-refractivity contribution is -0.144. The van der Waals surface area contributed by atoms with Gasteiger partial charge in [-0.25, -0.2) is 0 Å². The highest BCUT2D eigenvalue weighted by atomic mass is 19.4. The molecule has 0 radical (unpaired) electrons. The van der Waals surface area contributed by atoms with Crippen molar-refractivity contribution in [1.82, 2.24) is 4.90 Å². The second kappa shape index (κ2) is 5.21. The number of carbonyl (C=O) groups is 1. The lowest BCUT2D eigenvalue weighted by Gasteiger charge is -2.24. The second-order valence-corrected chi connectivity index (χ2v) is 4.61. The van der Waals surface area contributed by atoms with Crippen molar-refractivity contribution >= 4 is 5.97 Å². The first-order valence-electron chi connectivity index (χ1n) is 6.03. The minimum atomic E-state index is -4.45. The average Bonchev–Trinajstić information content (AvgIpc) is 2.81. The predicted molar refractivity (Wildman–Crippen MR) is 62.6 cm³/mol. The Labute approximate surface area is 108 Å². The van der Waals surface area contributed by atoms with Gasteiger partial charge in [-0.1, -0.05) is 12.1 Å². The molecule has 19 heavy (non-hydrogen) atoms. The van der Waals surface area contributed by atoms with Crippen LogP contribution in [-0.2, 0) is 11.0 Å². The Balaban J connectivity index is 2.34. The maximum atomic E-state index is 12.6. The fourth-order valence-electron chi connectivity index (χ4n) is 2.39. The summed E-state index contributed by atoms with van der Waals surface area (Å²) in [5.41, 5.74) is -0.625. The van der Waals surface area contributed by atoms with Crippen LogP contribution in [0.3, 0.4) is 0 Å². The predicted octanol–water partition coefficient (Wildman–Crippen LogP) is 2.93. The molecule has 1 unspecified atom stereocenters. The van der Waals surface area contributed by atoms with Gasteiger partial charge in [0.05, 0.1) is 5.56 Å². The monoisotopic (exact) mass is 273 g/mol. The molecule has 1 saturated heterocycles. The molecule has 3 nitrogen and oxygen atoms in total. The van der Waals surface area contributed by atoms with Crippen LogP contribution in [0.1, 0.15) is 30.0 Å². The molecule has 0 bridgehead atoms. The molecule has 2 rings (SSSR count). The van der Waals surface area contributed by atoms with Crippen LogP contribution in [0, 0.1) is 0 Å². The molecule has 0 saturated carbocycles. The van der Waals surface area contributed by atoms with Crippen molar-refractivity contribution in [3.63, 3.8) is 0 Å². The Morgan fingerprint density at radius 3 is 2.42 bits per heavy atom. The number of benzene rings is 1. The molecule has 0 aromatic heterocycles. The van der Waals surface area contributed by atoms with E-state index in [1.807, 2.05) is 0 Å². The first-order valence-corrected chi connectivity index (χ1v) is 6.03. The van der Waals surface area contributed by atoms with Crippen molar-refractivity contribution in [1.29, 1.82) is 0 Å². The quantitative estimate of drug-likeness (QED) is 0.920. The van der Waals surface area contributed by atoms with Crippen molar-refractivity contribution in [2.75, 3.05) is 13.1 Å². The molecule has 104 valence electrons. The van der Waals surface area contributed by atoms with Crippen LogP contribution < -0.4 is 0 Å². The first kappa shape index (κ1) is 13.9. The summed E-state index contributed by atoms with van der Waals surface area (Å²) in [7, 11) is 0. The van der Waals surface area contributed by atoms with Crippen molar-refractivity contribution in [2.24, 2.45) is 0 Å². The lowest BCUT2D eigenvalue weighted by atomic mass is 10.0. The molecule has 1 aromatic rings. The zero-order valence-corrected chi connectivity index (χ0v) is 10.2. The van der Waals surface area contributed by atoms with Gasteiger partial charge in [-0.2, -0.15) is 13.2 Å². The Hall–Kier alpha value is -1.56. The van der Waals surface area contributed by atoms with Gasteiger partial charge in [-0.05, 0) is 43.6 Å². The number of carboxylic acid groups (broad SMARTS) is 1. The number of hydrogen-bond acceptors (Lipinski definition) is 2. The zero-order valence-electron chi connectivity index (χ0n) is 10.2. The van der Waals surface area contributed by atoms with E-state index < -0.39 is 23.8 Å². The smallest absolute Gasteiger partial charge is 0.416 e. The summed E-state index contributed by atoms with van der Waals surface area (Å²) in [6, 6.07) is 3.57. The van der Waals surface area contributed by atoms with Crippen LogP contribution in [0.15, 0.2) is 24.3 Å². The zero-order chi connectivity index (χ0) is 14.0. The van der Waals surface area contributed by atoms with E-state index in [1.54, 1.807) is 4.90 Å². The molecule has 0 aliphatic carbocycles. The van der Waals surface area contributed by atoms with E-state index in [4.69, 9.17) is 0 Å². The van der Waals surface area contributed by atoms with Gasteiger partial charge in [0.1, 0.15) is 6.04 Å². The van der Waals surface area contributed by atoms with Gasteiger partial charge in [0, 0.05) is 0 Å². The average molecular weight is 273 g/mol. The normalized spacial score (nSPS) is 18.5. The van der Waals surface area contributed by atoms with E-state index in [0.29, 0.717) is 13.1 Å². The molecule has 1 N–H and O–H groups in total. The number of alkyl halides is 3. The Morgan fingerprint density at radius 1 is 1.26 bits per heavy atom. The number of nitrogens with zero attached hydrogens (tertiary/aromatic N) is 1. The van der Waals surface area contributed by atoms with Gasteiger partial charge in [-0.15, -0.1) is 0 Å². The fraction of sp³-hybridized carbons (Fsp3) is 0.462. The van der Waals surface area contributed by atoms with Crippen molar-refractivity contribution in [2.45, 2.75) is 25.1 Å². The molecule has 1 aliphatic heterocycles. The molecule has 6 heteroatoms. The first-order chi connectivity index (χ1) is 8.89. The summed E-state index contributed by atoms with van der Waals surface area (Å²) in [6.07, 6.45) is -2.70. The largest absolute Gasteiger partial charge is 0.480 e. The lowest BCUT2D eigenvalue weighted by Crippen LogP contribution is -2.31. The number of hydrogen-bond donors (Lipinski definition) is 1. The van der Waals surface area contributed by atoms with Crippen LogP contribution in [0.4, 0.5) is 13.2 Å². The highest BCUT2D eigenvalue weighted by Gasteiger charge is 2.34. The maximum absolute atomic E-state index is 12.6. The van der Waals surface area contributed by atoms with Crippen LogP contribution >= 0.6 is 0 Å². The topological polar surface area (TPSA) is 40.5 Å². The van der Waals surface area contributed by atoms with Crippen molar-refractivity contribution < 1.29 is 23.1 Å². The van der Waals surface area contributed by atoms with E-state index >= 15 is 0 Å². The van der Waals surface area contributed by atoms with Gasteiger partial charge in [0.15, 0.2) is 0 Å². The van der Waals surface area contributed by atoms with E-state index in [-0.39, 0.29) is 5.56 Å². The number of aliphatic carboxylic acids is 1. The summed E-state index contributed by atoms with van der Waals surface area (Å²) in [5.74, 6) is -1.11. The SMILES string of the molecule is O=C(O)C(c1cccc(C(F)(F)F)c1)N1CCCC1. The molecule has 1 fully saturated rings. The molecule has 1 aromatic carbocycles. The minimum absolute atomic E-state index is 0.184. The van der Waals surface area contributed by atoms with Gasteiger partial charge in [-0.3, -0.25) is 9.69 Å². The highest BCUT2D eigenvalue weighted by Crippen LogP contribution is 2.32. The number of halogens is 3. The summed E-state index contributed by atoms with van der Waals surface area (Å²) < 4.78 is 37.9. The van der Waals surface area contributed by atoms with E-state index in [9.17, 15) is 23.1 Å². The molecule has 1 atom stereocenters. The molecule has 0 spiro atoms. The van der Waals surface area contributed by atoms with E-state index in [0.717, 1.165) is 25.0 Å². The van der Waals surface area contributed by atoms with Crippen molar-refractivity contribution in [3.05, 3.63) is 35.4 Å². The van der Waals surface area contributed by atoms with Gasteiger partial charge >= 0.3 is 12.1 Å². The molecular formula is C13H14F3NO2. The number of carboxylic acids is 1. The number of likely N-dealkylation sites (tertiary alicyclic amines) is 1. The standard InChI is InChI=1S/C13H14F3NO2/c14-13(15,16)10-5-3-4-9(8-10)11(12(18)19)17-6-1-2-7-17/h3-5,8,11H,1-2,6-7H2,(H,18,19). The third-order valence-electron chi connectivity index (χ3n) is 3.27. The van der Waals surface area contributed by atoms with Gasteiger partial charge in [0.25, 0.3) is 0 Å². The van der Waals surface area contributed by atoms with Gasteiger partial charge < -0.3 is 5.11 Å². The van der Waals surface area contributed by atoms with E-state index in [1.165, 1.54) is 12.1 Å². The van der Waals surface area contributed by atoms with Crippen LogP contribution in [-0.4, -0.2) is 29.1 Å². The molecule has 1 heterocycles. The number of rotatable bonds is 3. The third kappa shape index (κ3) is 3.07. The van der Waals surface area contributed by atoms with Crippen molar-refractivity contribution in [3.8, 4) is 0 Å². The fourth-order valence-corrected chi connectivity index (χ4v) is 2.39. The van der Waals surface area contributed by atoms with E-state index in [2.05, 4.69) is 0 Å². The Bertz CT molecular complexity index is 467. The van der Waals surface area contributed by atoms with Crippen LogP contribution in [0.2, 0.25) is 0 Å². The Morgan fingerprint density at radius 2 is 1.89 bits per heavy atom. The molecular weight excluding hydrogens is 259 g/mol.